The van der Waals surface area contributed by atoms with Gasteiger partial charge in [-0.15, -0.1) is 0 Å². The maximum Gasteiger partial charge on any atom is 0.0358 e. The average molecular weight is 312 g/mol. The SMILES string of the molecule is C=C(C)[C@@H]1CCC(C)=C[C@H]1c1c(C)cc(CCCCC)cc1N. The molecule has 1 aliphatic carbocycles. The van der Waals surface area contributed by atoms with Gasteiger partial charge in [-0.2, -0.15) is 0 Å². The molecule has 0 aromatic heterocycles. The number of allylic oxidation sites excluding steroid dienone is 3. The Morgan fingerprint density at radius 2 is 2.00 bits per heavy atom. The lowest BCUT2D eigenvalue weighted by Gasteiger charge is -2.32. The molecular weight excluding hydrogens is 278 g/mol. The molecule has 0 heterocycles. The highest BCUT2D eigenvalue weighted by atomic mass is 14.6. The smallest absolute Gasteiger partial charge is 0.0358 e. The number of aryl methyl sites for hydroxylation is 2. The lowest BCUT2D eigenvalue weighted by atomic mass is 9.72. The van der Waals surface area contributed by atoms with Gasteiger partial charge in [-0.05, 0) is 75.1 Å². The Morgan fingerprint density at radius 3 is 2.61 bits per heavy atom. The molecule has 1 heteroatoms. The van der Waals surface area contributed by atoms with Crippen LogP contribution in [0.25, 0.3) is 0 Å². The number of hydrogen-bond donors (Lipinski definition) is 1. The number of unbranched alkanes of at least 4 members (excludes halogenated alkanes) is 2. The normalized spacial score (nSPS) is 21.1. The summed E-state index contributed by atoms with van der Waals surface area (Å²) in [6, 6.07) is 4.57. The Hall–Kier alpha value is -1.50. The molecule has 0 saturated carbocycles. The number of rotatable bonds is 6. The third kappa shape index (κ3) is 4.28. The van der Waals surface area contributed by atoms with Crippen molar-refractivity contribution in [2.75, 3.05) is 5.73 Å². The van der Waals surface area contributed by atoms with Gasteiger partial charge in [0.2, 0.25) is 0 Å². The summed E-state index contributed by atoms with van der Waals surface area (Å²) in [5, 5.41) is 0. The second-order valence-electron chi connectivity index (χ2n) is 7.40. The van der Waals surface area contributed by atoms with Crippen molar-refractivity contribution in [3.8, 4) is 0 Å². The van der Waals surface area contributed by atoms with Crippen molar-refractivity contribution in [3.63, 3.8) is 0 Å². The van der Waals surface area contributed by atoms with Crippen LogP contribution in [0.15, 0.2) is 35.9 Å². The van der Waals surface area contributed by atoms with E-state index in [0.717, 1.165) is 12.1 Å². The molecule has 0 spiro atoms. The van der Waals surface area contributed by atoms with E-state index in [0.29, 0.717) is 11.8 Å². The fourth-order valence-corrected chi connectivity index (χ4v) is 3.99. The maximum atomic E-state index is 6.51. The lowest BCUT2D eigenvalue weighted by Crippen LogP contribution is -2.19. The zero-order valence-electron chi connectivity index (χ0n) is 15.4. The van der Waals surface area contributed by atoms with Crippen LogP contribution in [-0.4, -0.2) is 0 Å². The highest BCUT2D eigenvalue weighted by Crippen LogP contribution is 2.43. The number of anilines is 1. The van der Waals surface area contributed by atoms with Crippen molar-refractivity contribution in [2.24, 2.45) is 5.92 Å². The van der Waals surface area contributed by atoms with Crippen LogP contribution in [0.5, 0.6) is 0 Å². The number of benzene rings is 1. The molecule has 0 saturated heterocycles. The van der Waals surface area contributed by atoms with Gasteiger partial charge in [0, 0.05) is 11.6 Å². The Balaban J connectivity index is 2.34. The largest absolute Gasteiger partial charge is 0.398 e. The minimum absolute atomic E-state index is 0.394. The summed E-state index contributed by atoms with van der Waals surface area (Å²) in [5.74, 6) is 0.914. The minimum atomic E-state index is 0.394. The third-order valence-electron chi connectivity index (χ3n) is 5.26. The molecule has 0 amide bonds. The highest BCUT2D eigenvalue weighted by Gasteiger charge is 2.28. The summed E-state index contributed by atoms with van der Waals surface area (Å²) in [6.45, 7) is 13.1. The van der Waals surface area contributed by atoms with Crippen molar-refractivity contribution in [3.05, 3.63) is 52.6 Å². The van der Waals surface area contributed by atoms with Crippen LogP contribution in [-0.2, 0) is 6.42 Å². The van der Waals surface area contributed by atoms with Gasteiger partial charge >= 0.3 is 0 Å². The molecule has 0 radical (unpaired) electrons. The van der Waals surface area contributed by atoms with Gasteiger partial charge in [0.25, 0.3) is 0 Å². The van der Waals surface area contributed by atoms with Crippen LogP contribution >= 0.6 is 0 Å². The van der Waals surface area contributed by atoms with Gasteiger partial charge in [0.05, 0.1) is 0 Å². The fraction of sp³-hybridized carbons (Fsp3) is 0.545. The molecular formula is C22H33N. The van der Waals surface area contributed by atoms with Gasteiger partial charge in [0.15, 0.2) is 0 Å². The molecule has 2 rings (SSSR count). The van der Waals surface area contributed by atoms with E-state index in [2.05, 4.69) is 52.5 Å². The van der Waals surface area contributed by atoms with Crippen LogP contribution < -0.4 is 5.73 Å². The van der Waals surface area contributed by atoms with Crippen LogP contribution in [0.2, 0.25) is 0 Å². The number of nitrogens with two attached hydrogens (primary N) is 1. The van der Waals surface area contributed by atoms with Gasteiger partial charge in [0.1, 0.15) is 0 Å². The van der Waals surface area contributed by atoms with Crippen molar-refractivity contribution in [2.45, 2.75) is 72.1 Å². The van der Waals surface area contributed by atoms with Crippen molar-refractivity contribution in [1.29, 1.82) is 0 Å². The summed E-state index contributed by atoms with van der Waals surface area (Å²) in [4.78, 5) is 0. The van der Waals surface area contributed by atoms with E-state index in [1.165, 1.54) is 59.9 Å². The van der Waals surface area contributed by atoms with E-state index >= 15 is 0 Å². The summed E-state index contributed by atoms with van der Waals surface area (Å²) in [7, 11) is 0. The quantitative estimate of drug-likeness (QED) is 0.371. The van der Waals surface area contributed by atoms with Crippen molar-refractivity contribution in [1.82, 2.24) is 0 Å². The highest BCUT2D eigenvalue weighted by molar-refractivity contribution is 5.57. The number of nitrogen functional groups attached to an aromatic ring is 1. The molecule has 1 aliphatic rings. The molecule has 126 valence electrons. The van der Waals surface area contributed by atoms with Crippen LogP contribution in [0.3, 0.4) is 0 Å². The summed E-state index contributed by atoms with van der Waals surface area (Å²) < 4.78 is 0. The molecule has 23 heavy (non-hydrogen) atoms. The standard InChI is InChI=1S/C22H33N/c1-6-7-8-9-18-13-17(5)22(21(23)14-18)20-12-16(4)10-11-19(20)15(2)3/h12-14,19-20H,2,6-11,23H2,1,3-5H3/t19-,20+/m0/s1. The van der Waals surface area contributed by atoms with Crippen LogP contribution in [0.1, 0.15) is 75.5 Å². The molecule has 2 N–H and O–H groups in total. The molecule has 0 unspecified atom stereocenters. The molecule has 0 fully saturated rings. The zero-order valence-corrected chi connectivity index (χ0v) is 15.4. The predicted octanol–water partition coefficient (Wildman–Crippen LogP) is 6.33. The molecule has 1 aromatic rings. The first kappa shape index (κ1) is 17.8. The van der Waals surface area contributed by atoms with E-state index in [1.807, 2.05) is 0 Å². The number of hydrogen-bond acceptors (Lipinski definition) is 1. The van der Waals surface area contributed by atoms with Crippen molar-refractivity contribution >= 4 is 5.69 Å². The monoisotopic (exact) mass is 311 g/mol. The lowest BCUT2D eigenvalue weighted by molar-refractivity contribution is 0.483. The van der Waals surface area contributed by atoms with E-state index < -0.39 is 0 Å². The second-order valence-corrected chi connectivity index (χ2v) is 7.40. The van der Waals surface area contributed by atoms with Crippen LogP contribution in [0, 0.1) is 12.8 Å². The first-order chi connectivity index (χ1) is 10.9. The average Bonchev–Trinajstić information content (AvgIpc) is 2.46. The van der Waals surface area contributed by atoms with Gasteiger partial charge in [-0.25, -0.2) is 0 Å². The molecule has 0 bridgehead atoms. The minimum Gasteiger partial charge on any atom is -0.398 e. The van der Waals surface area contributed by atoms with Crippen molar-refractivity contribution < 1.29 is 0 Å². The van der Waals surface area contributed by atoms with Gasteiger partial charge in [-0.1, -0.05) is 49.6 Å². The maximum absolute atomic E-state index is 6.51. The van der Waals surface area contributed by atoms with E-state index in [1.54, 1.807) is 0 Å². The fourth-order valence-electron chi connectivity index (χ4n) is 3.99. The summed E-state index contributed by atoms with van der Waals surface area (Å²) >= 11 is 0. The van der Waals surface area contributed by atoms with Gasteiger partial charge < -0.3 is 5.73 Å². The molecule has 0 aliphatic heterocycles. The third-order valence-corrected chi connectivity index (χ3v) is 5.26. The molecule has 1 aromatic carbocycles. The topological polar surface area (TPSA) is 26.0 Å². The molecule has 1 nitrogen and oxygen atoms in total. The Morgan fingerprint density at radius 1 is 1.26 bits per heavy atom. The first-order valence-electron chi connectivity index (χ1n) is 9.15. The van der Waals surface area contributed by atoms with E-state index in [9.17, 15) is 0 Å². The predicted molar refractivity (Wildman–Crippen MR) is 103 cm³/mol. The Labute approximate surface area is 142 Å². The van der Waals surface area contributed by atoms with Crippen LogP contribution in [0.4, 0.5) is 5.69 Å². The van der Waals surface area contributed by atoms with E-state index in [-0.39, 0.29) is 0 Å². The van der Waals surface area contributed by atoms with E-state index in [4.69, 9.17) is 5.73 Å². The first-order valence-corrected chi connectivity index (χ1v) is 9.15. The zero-order chi connectivity index (χ0) is 17.0. The Kier molecular flexibility index (Phi) is 6.10. The Bertz CT molecular complexity index is 571. The second kappa shape index (κ2) is 7.86. The summed E-state index contributed by atoms with van der Waals surface area (Å²) in [6.07, 6.45) is 9.76. The summed E-state index contributed by atoms with van der Waals surface area (Å²) in [5.41, 5.74) is 14.3. The molecule has 2 atom stereocenters. The van der Waals surface area contributed by atoms with Gasteiger partial charge in [-0.3, -0.25) is 0 Å².